The van der Waals surface area contributed by atoms with Crippen LogP contribution in [0.1, 0.15) is 46.5 Å². The number of nitrogens with one attached hydrogen (secondary N) is 1. The lowest BCUT2D eigenvalue weighted by Gasteiger charge is -2.37. The second-order valence-electron chi connectivity index (χ2n) is 7.01. The van der Waals surface area contributed by atoms with Crippen molar-refractivity contribution in [2.75, 3.05) is 20.1 Å². The van der Waals surface area contributed by atoms with Crippen LogP contribution in [0.2, 0.25) is 0 Å². The fourth-order valence-corrected chi connectivity index (χ4v) is 4.48. The van der Waals surface area contributed by atoms with Gasteiger partial charge in [0.05, 0.1) is 5.25 Å². The van der Waals surface area contributed by atoms with Gasteiger partial charge in [0.1, 0.15) is 15.5 Å². The highest BCUT2D eigenvalue weighted by atomic mass is 35.5. The van der Waals surface area contributed by atoms with Crippen LogP contribution in [-0.4, -0.2) is 56.5 Å². The van der Waals surface area contributed by atoms with Crippen LogP contribution in [0.5, 0.6) is 0 Å². The van der Waals surface area contributed by atoms with Gasteiger partial charge in [-0.3, -0.25) is 0 Å². The fourth-order valence-electron chi connectivity index (χ4n) is 2.58. The van der Waals surface area contributed by atoms with Crippen molar-refractivity contribution in [3.63, 3.8) is 0 Å². The Morgan fingerprint density at radius 3 is 2.14 bits per heavy atom. The number of carbonyl (C=O) groups excluding carboxylic acids is 1. The molecule has 2 rings (SSSR count). The second-order valence-corrected chi connectivity index (χ2v) is 9.39. The van der Waals surface area contributed by atoms with Gasteiger partial charge in [-0.25, -0.2) is 18.1 Å². The number of rotatable bonds is 3. The van der Waals surface area contributed by atoms with E-state index >= 15 is 0 Å². The van der Waals surface area contributed by atoms with Gasteiger partial charge < -0.3 is 9.64 Å². The van der Waals surface area contributed by atoms with Crippen LogP contribution in [0.4, 0.5) is 4.79 Å². The molecule has 0 aromatic heterocycles. The number of amides is 1. The molecular formula is C14H28ClN3O3S. The molecule has 0 aromatic rings. The molecule has 1 saturated carbocycles. The summed E-state index contributed by atoms with van der Waals surface area (Å²) < 4.78 is 27.6. The van der Waals surface area contributed by atoms with Crippen molar-refractivity contribution in [2.24, 2.45) is 0 Å². The number of carbonyl (C=O) groups is 1. The number of hydrogen-bond acceptors (Lipinski definition) is 4. The Morgan fingerprint density at radius 2 is 1.73 bits per heavy atom. The predicted octanol–water partition coefficient (Wildman–Crippen LogP) is 2.86. The third kappa shape index (κ3) is 4.73. The van der Waals surface area contributed by atoms with Gasteiger partial charge in [0.25, 0.3) is 0 Å². The van der Waals surface area contributed by atoms with Gasteiger partial charge in [0, 0.05) is 26.2 Å². The minimum atomic E-state index is -2.63. The topological polar surface area (TPSA) is 73.7 Å². The summed E-state index contributed by atoms with van der Waals surface area (Å²) in [4.78, 5) is 13.7. The van der Waals surface area contributed by atoms with Crippen LogP contribution < -0.4 is 0 Å². The monoisotopic (exact) mass is 353 g/mol. The molecule has 2 fully saturated rings. The molecule has 0 bridgehead atoms. The van der Waals surface area contributed by atoms with E-state index in [4.69, 9.17) is 9.52 Å². The van der Waals surface area contributed by atoms with Crippen LogP contribution in [0, 0.1) is 4.78 Å². The van der Waals surface area contributed by atoms with E-state index in [1.807, 2.05) is 20.8 Å². The fraction of sp³-hybridized carbons (Fsp3) is 0.929. The quantitative estimate of drug-likeness (QED) is 0.847. The van der Waals surface area contributed by atoms with Gasteiger partial charge in [0.15, 0.2) is 0 Å². The summed E-state index contributed by atoms with van der Waals surface area (Å²) in [6.45, 7) is 6.77. The van der Waals surface area contributed by atoms with E-state index < -0.39 is 15.5 Å². The molecule has 1 aliphatic heterocycles. The molecule has 0 radical (unpaired) electrons. The molecule has 1 saturated heterocycles. The Hall–Kier alpha value is -0.530. The maximum Gasteiger partial charge on any atom is 0.410 e. The first-order valence-electron chi connectivity index (χ1n) is 7.60. The molecule has 1 heterocycles. The molecule has 1 amide bonds. The SMILES string of the molecule is CN(C1CCN(C(=O)OC(C)(C)C)CC1)S(=N)(=O)C1CC1.Cl. The van der Waals surface area contributed by atoms with E-state index in [1.54, 1.807) is 16.3 Å². The Labute approximate surface area is 140 Å². The van der Waals surface area contributed by atoms with E-state index in [0.29, 0.717) is 13.1 Å². The number of likely N-dealkylation sites (tertiary alicyclic amines) is 1. The summed E-state index contributed by atoms with van der Waals surface area (Å²) in [5.74, 6) is 0. The van der Waals surface area contributed by atoms with Crippen LogP contribution in [0.15, 0.2) is 0 Å². The highest BCUT2D eigenvalue weighted by Gasteiger charge is 2.39. The summed E-state index contributed by atoms with van der Waals surface area (Å²) in [5, 5.41) is 0.0476. The standard InChI is InChI=1S/C14H27N3O3S.ClH/c1-14(2,3)20-13(18)17-9-7-11(8-10-17)16(4)21(15,19)12-5-6-12;/h11-12,15H,5-10H2,1-4H3;1H. The average molecular weight is 354 g/mol. The van der Waals surface area contributed by atoms with Crippen LogP contribution in [-0.2, 0) is 14.7 Å². The second kappa shape index (κ2) is 6.93. The zero-order valence-corrected chi connectivity index (χ0v) is 15.5. The zero-order valence-electron chi connectivity index (χ0n) is 13.8. The number of halogens is 1. The summed E-state index contributed by atoms with van der Waals surface area (Å²) in [6, 6.07) is 0.120. The Kier molecular flexibility index (Phi) is 6.14. The first-order valence-corrected chi connectivity index (χ1v) is 9.17. The summed E-state index contributed by atoms with van der Waals surface area (Å²) in [5.41, 5.74) is -0.480. The van der Waals surface area contributed by atoms with Gasteiger partial charge >= 0.3 is 6.09 Å². The third-order valence-electron chi connectivity index (χ3n) is 4.03. The van der Waals surface area contributed by atoms with Crippen LogP contribution in [0.3, 0.4) is 0 Å². The largest absolute Gasteiger partial charge is 0.444 e. The molecule has 2 aliphatic rings. The molecule has 1 unspecified atom stereocenters. The lowest BCUT2D eigenvalue weighted by Crippen LogP contribution is -2.48. The molecule has 1 N–H and O–H groups in total. The van der Waals surface area contributed by atoms with Gasteiger partial charge in [-0.15, -0.1) is 12.4 Å². The molecule has 1 atom stereocenters. The first kappa shape index (κ1) is 19.5. The number of hydrogen-bond donors (Lipinski definition) is 1. The van der Waals surface area contributed by atoms with Gasteiger partial charge in [-0.05, 0) is 46.5 Å². The van der Waals surface area contributed by atoms with E-state index in [1.165, 1.54) is 0 Å². The smallest absolute Gasteiger partial charge is 0.410 e. The number of ether oxygens (including phenoxy) is 1. The molecule has 0 spiro atoms. The van der Waals surface area contributed by atoms with E-state index in [9.17, 15) is 9.00 Å². The highest BCUT2D eigenvalue weighted by molar-refractivity contribution is 7.91. The lowest BCUT2D eigenvalue weighted by molar-refractivity contribution is 0.0183. The number of nitrogens with zero attached hydrogens (tertiary/aromatic N) is 2. The molecule has 1 aliphatic carbocycles. The Morgan fingerprint density at radius 1 is 1.23 bits per heavy atom. The van der Waals surface area contributed by atoms with Crippen molar-refractivity contribution in [1.29, 1.82) is 4.78 Å². The predicted molar refractivity (Wildman–Crippen MR) is 89.7 cm³/mol. The Bertz CT molecular complexity index is 492. The van der Waals surface area contributed by atoms with E-state index in [-0.39, 0.29) is 29.8 Å². The first-order chi connectivity index (χ1) is 9.61. The summed E-state index contributed by atoms with van der Waals surface area (Å²) >= 11 is 0. The Balaban J connectivity index is 0.00000242. The third-order valence-corrected chi connectivity index (χ3v) is 6.56. The minimum absolute atomic E-state index is 0. The normalized spacial score (nSPS) is 22.9. The van der Waals surface area contributed by atoms with Gasteiger partial charge in [-0.2, -0.15) is 0 Å². The van der Waals surface area contributed by atoms with Crippen molar-refractivity contribution in [3.05, 3.63) is 0 Å². The summed E-state index contributed by atoms with van der Waals surface area (Å²) in [7, 11) is -0.840. The molecule has 22 heavy (non-hydrogen) atoms. The van der Waals surface area contributed by atoms with E-state index in [0.717, 1.165) is 25.7 Å². The maximum atomic E-state index is 12.4. The minimum Gasteiger partial charge on any atom is -0.444 e. The van der Waals surface area contributed by atoms with Crippen LogP contribution >= 0.6 is 12.4 Å². The molecule has 130 valence electrons. The van der Waals surface area contributed by atoms with Crippen LogP contribution in [0.25, 0.3) is 0 Å². The van der Waals surface area contributed by atoms with Crippen molar-refractivity contribution in [1.82, 2.24) is 9.21 Å². The van der Waals surface area contributed by atoms with Gasteiger partial charge in [0.2, 0.25) is 0 Å². The molecule has 6 nitrogen and oxygen atoms in total. The van der Waals surface area contributed by atoms with Crippen molar-refractivity contribution in [3.8, 4) is 0 Å². The van der Waals surface area contributed by atoms with Crippen molar-refractivity contribution >= 4 is 28.4 Å². The van der Waals surface area contributed by atoms with E-state index in [2.05, 4.69) is 0 Å². The average Bonchev–Trinajstić information content (AvgIpc) is 3.20. The summed E-state index contributed by atoms with van der Waals surface area (Å²) in [6.07, 6.45) is 3.03. The van der Waals surface area contributed by atoms with Crippen molar-refractivity contribution < 1.29 is 13.7 Å². The molecule has 8 heteroatoms. The molecule has 0 aromatic carbocycles. The highest BCUT2D eigenvalue weighted by Crippen LogP contribution is 2.33. The van der Waals surface area contributed by atoms with Crippen molar-refractivity contribution in [2.45, 2.75) is 63.3 Å². The lowest BCUT2D eigenvalue weighted by atomic mass is 10.1. The zero-order chi connectivity index (χ0) is 15.8. The maximum absolute atomic E-state index is 12.4. The number of piperidine rings is 1. The molecular weight excluding hydrogens is 326 g/mol. The van der Waals surface area contributed by atoms with Gasteiger partial charge in [-0.1, -0.05) is 0 Å².